The van der Waals surface area contributed by atoms with Gasteiger partial charge in [0.2, 0.25) is 0 Å². The van der Waals surface area contributed by atoms with Crippen LogP contribution in [0.5, 0.6) is 0 Å². The average Bonchev–Trinajstić information content (AvgIpc) is 1.69. The quantitative estimate of drug-likeness (QED) is 0.427. The van der Waals surface area contributed by atoms with Crippen LogP contribution in [-0.4, -0.2) is 17.5 Å². The van der Waals surface area contributed by atoms with Crippen LogP contribution in [-0.2, 0) is 0 Å². The lowest BCUT2D eigenvalue weighted by molar-refractivity contribution is 0.186. The summed E-state index contributed by atoms with van der Waals surface area (Å²) in [6.07, 6.45) is 4.27. The molecule has 1 atom stereocenters. The molecule has 7 heavy (non-hydrogen) atoms. The summed E-state index contributed by atoms with van der Waals surface area (Å²) in [5.74, 6) is 0. The van der Waals surface area contributed by atoms with Gasteiger partial charge >= 0.3 is 0 Å². The van der Waals surface area contributed by atoms with E-state index in [1.807, 2.05) is 0 Å². The Bertz CT molecular complexity index is 108. The van der Waals surface area contributed by atoms with Gasteiger partial charge in [-0.1, -0.05) is 0 Å². The Kier molecular flexibility index (Phi) is 1.08. The molecule has 3 heteroatoms. The maximum Gasteiger partial charge on any atom is 0.159 e. The predicted molar refractivity (Wildman–Crippen MR) is 26.8 cm³/mol. The Labute approximate surface area is 41.3 Å². The zero-order chi connectivity index (χ0) is 5.11. The van der Waals surface area contributed by atoms with Gasteiger partial charge in [-0.05, 0) is 12.2 Å². The van der Waals surface area contributed by atoms with E-state index in [2.05, 4.69) is 10.5 Å². The van der Waals surface area contributed by atoms with Gasteiger partial charge < -0.3 is 5.11 Å². The van der Waals surface area contributed by atoms with Gasteiger partial charge in [-0.2, -0.15) is 5.10 Å². The van der Waals surface area contributed by atoms with E-state index in [4.69, 9.17) is 5.11 Å². The van der Waals surface area contributed by atoms with Crippen LogP contribution in [0, 0.1) is 0 Å². The van der Waals surface area contributed by atoms with Crippen molar-refractivity contribution in [3.63, 3.8) is 0 Å². The summed E-state index contributed by atoms with van der Waals surface area (Å²) in [7, 11) is 0. The first kappa shape index (κ1) is 4.33. The molecule has 0 aromatic carbocycles. The third-order valence-corrected chi connectivity index (χ3v) is 0.661. The van der Waals surface area contributed by atoms with Crippen molar-refractivity contribution in [3.05, 3.63) is 12.2 Å². The van der Waals surface area contributed by atoms with Gasteiger partial charge in [0.25, 0.3) is 0 Å². The minimum Gasteiger partial charge on any atom is -0.369 e. The summed E-state index contributed by atoms with van der Waals surface area (Å²) >= 11 is 0. The van der Waals surface area contributed by atoms with Crippen LogP contribution in [0.2, 0.25) is 0 Å². The summed E-state index contributed by atoms with van der Waals surface area (Å²) in [5.41, 5.74) is 2.42. The van der Waals surface area contributed by atoms with Gasteiger partial charge in [-0.25, -0.2) is 0 Å². The van der Waals surface area contributed by atoms with Crippen molar-refractivity contribution >= 4 is 6.21 Å². The second-order valence-electron chi connectivity index (χ2n) is 1.24. The van der Waals surface area contributed by atoms with Crippen molar-refractivity contribution in [2.75, 3.05) is 0 Å². The van der Waals surface area contributed by atoms with Gasteiger partial charge in [0, 0.05) is 6.21 Å². The SMILES string of the molecule is OC1C=CC=NN1. The number of nitrogens with one attached hydrogen (secondary N) is 1. The lowest BCUT2D eigenvalue weighted by Gasteiger charge is -2.04. The molecule has 1 rings (SSSR count). The Hall–Kier alpha value is -0.830. The molecule has 0 saturated carbocycles. The fourth-order valence-corrected chi connectivity index (χ4v) is 0.360. The van der Waals surface area contributed by atoms with Crippen LogP contribution >= 0.6 is 0 Å². The zero-order valence-corrected chi connectivity index (χ0v) is 3.70. The Morgan fingerprint density at radius 1 is 1.71 bits per heavy atom. The number of allylic oxidation sites excluding steroid dienone is 1. The van der Waals surface area contributed by atoms with Crippen molar-refractivity contribution < 1.29 is 5.11 Å². The molecule has 0 amide bonds. The summed E-state index contributed by atoms with van der Waals surface area (Å²) in [4.78, 5) is 0. The van der Waals surface area contributed by atoms with Crippen molar-refractivity contribution in [2.45, 2.75) is 6.23 Å². The van der Waals surface area contributed by atoms with Crippen LogP contribution in [0.25, 0.3) is 0 Å². The van der Waals surface area contributed by atoms with Crippen LogP contribution in [0.15, 0.2) is 17.3 Å². The number of hydrogen-bond donors (Lipinski definition) is 2. The lowest BCUT2D eigenvalue weighted by atomic mass is 10.4. The zero-order valence-electron chi connectivity index (χ0n) is 3.70. The second-order valence-corrected chi connectivity index (χ2v) is 1.24. The first-order valence-electron chi connectivity index (χ1n) is 2.03. The molecule has 1 aliphatic heterocycles. The molecule has 0 fully saturated rings. The fraction of sp³-hybridized carbons (Fsp3) is 0.250. The maximum absolute atomic E-state index is 8.60. The molecule has 0 aliphatic carbocycles. The van der Waals surface area contributed by atoms with Gasteiger partial charge in [0.1, 0.15) is 0 Å². The van der Waals surface area contributed by atoms with Gasteiger partial charge in [-0.15, -0.1) is 0 Å². The van der Waals surface area contributed by atoms with Crippen molar-refractivity contribution in [1.29, 1.82) is 0 Å². The lowest BCUT2D eigenvalue weighted by Crippen LogP contribution is -2.22. The molecule has 0 radical (unpaired) electrons. The van der Waals surface area contributed by atoms with Gasteiger partial charge in [-0.3, -0.25) is 5.43 Å². The van der Waals surface area contributed by atoms with E-state index in [9.17, 15) is 0 Å². The van der Waals surface area contributed by atoms with E-state index in [1.165, 1.54) is 0 Å². The van der Waals surface area contributed by atoms with Gasteiger partial charge in [0.05, 0.1) is 0 Å². The highest BCUT2D eigenvalue weighted by molar-refractivity contribution is 5.71. The van der Waals surface area contributed by atoms with E-state index in [1.54, 1.807) is 18.4 Å². The normalized spacial score (nSPS) is 27.3. The number of hydrazone groups is 1. The molecular formula is C4H6N2O. The molecular weight excluding hydrogens is 92.1 g/mol. The monoisotopic (exact) mass is 98.0 g/mol. The first-order chi connectivity index (χ1) is 3.39. The fourth-order valence-electron chi connectivity index (χ4n) is 0.360. The van der Waals surface area contributed by atoms with Crippen molar-refractivity contribution in [3.8, 4) is 0 Å². The molecule has 1 heterocycles. The Morgan fingerprint density at radius 3 is 2.86 bits per heavy atom. The maximum atomic E-state index is 8.60. The number of aliphatic hydroxyl groups excluding tert-OH is 1. The van der Waals surface area contributed by atoms with Gasteiger partial charge in [0.15, 0.2) is 6.23 Å². The highest BCUT2D eigenvalue weighted by atomic mass is 16.3. The Morgan fingerprint density at radius 2 is 2.57 bits per heavy atom. The summed E-state index contributed by atoms with van der Waals surface area (Å²) < 4.78 is 0. The first-order valence-corrected chi connectivity index (χ1v) is 2.03. The van der Waals surface area contributed by atoms with E-state index in [0.29, 0.717) is 0 Å². The third-order valence-electron chi connectivity index (χ3n) is 0.661. The Balaban J connectivity index is 2.49. The number of nitrogens with zero attached hydrogens (tertiary/aromatic N) is 1. The molecule has 2 N–H and O–H groups in total. The molecule has 0 aromatic heterocycles. The second kappa shape index (κ2) is 1.75. The van der Waals surface area contributed by atoms with Crippen molar-refractivity contribution in [2.24, 2.45) is 5.10 Å². The van der Waals surface area contributed by atoms with E-state index >= 15 is 0 Å². The van der Waals surface area contributed by atoms with E-state index in [-0.39, 0.29) is 0 Å². The average molecular weight is 98.1 g/mol. The predicted octanol–water partition coefficient (Wildman–Crippen LogP) is -0.550. The van der Waals surface area contributed by atoms with Crippen LogP contribution in [0.1, 0.15) is 0 Å². The largest absolute Gasteiger partial charge is 0.369 e. The highest BCUT2D eigenvalue weighted by Crippen LogP contribution is 1.82. The topological polar surface area (TPSA) is 44.6 Å². The molecule has 3 nitrogen and oxygen atoms in total. The standard InChI is InChI=1S/C4H6N2O/c7-4-2-1-3-5-6-4/h1-4,6-7H. The van der Waals surface area contributed by atoms with E-state index in [0.717, 1.165) is 0 Å². The van der Waals surface area contributed by atoms with E-state index < -0.39 is 6.23 Å². The summed E-state index contributed by atoms with van der Waals surface area (Å²) in [6.45, 7) is 0. The minimum atomic E-state index is -0.593. The van der Waals surface area contributed by atoms with Crippen LogP contribution in [0.4, 0.5) is 0 Å². The minimum absolute atomic E-state index is 0.593. The smallest absolute Gasteiger partial charge is 0.159 e. The highest BCUT2D eigenvalue weighted by Gasteiger charge is 1.93. The molecule has 0 bridgehead atoms. The molecule has 1 aliphatic rings. The summed E-state index contributed by atoms with van der Waals surface area (Å²) in [6, 6.07) is 0. The number of rotatable bonds is 0. The van der Waals surface area contributed by atoms with Crippen LogP contribution in [0.3, 0.4) is 0 Å². The molecule has 0 saturated heterocycles. The number of aliphatic hydroxyl groups is 1. The molecule has 0 spiro atoms. The van der Waals surface area contributed by atoms with Crippen LogP contribution < -0.4 is 5.43 Å². The molecule has 1 unspecified atom stereocenters. The number of hydrogen-bond acceptors (Lipinski definition) is 3. The molecule has 38 valence electrons. The summed E-state index contributed by atoms with van der Waals surface area (Å²) in [5, 5.41) is 12.1. The third kappa shape index (κ3) is 1.01. The van der Waals surface area contributed by atoms with Crippen molar-refractivity contribution in [1.82, 2.24) is 5.43 Å². The molecule has 0 aromatic rings.